The molecule has 0 aliphatic carbocycles. The van der Waals surface area contributed by atoms with Gasteiger partial charge in [0.05, 0.1) is 0 Å². The molecule has 0 amide bonds. The van der Waals surface area contributed by atoms with E-state index in [2.05, 4.69) is 20.8 Å². The van der Waals surface area contributed by atoms with Gasteiger partial charge in [0.1, 0.15) is 0 Å². The van der Waals surface area contributed by atoms with Gasteiger partial charge in [-0.15, -0.1) is 0 Å². The van der Waals surface area contributed by atoms with Crippen LogP contribution in [-0.4, -0.2) is 13.2 Å². The first-order valence-electron chi connectivity index (χ1n) is 6.42. The lowest BCUT2D eigenvalue weighted by Gasteiger charge is -2.21. The Balaban J connectivity index is 0.000000364. The van der Waals surface area contributed by atoms with Crippen molar-refractivity contribution in [2.75, 3.05) is 13.2 Å². The Kier molecular flexibility index (Phi) is 11.0. The maximum Gasteiger partial charge on any atom is 0.0468 e. The lowest BCUT2D eigenvalue weighted by molar-refractivity contribution is 0.0633. The maximum absolute atomic E-state index is 5.28. The molecule has 14 heavy (non-hydrogen) atoms. The van der Waals surface area contributed by atoms with Gasteiger partial charge < -0.3 is 4.74 Å². The molecule has 0 atom stereocenters. The van der Waals surface area contributed by atoms with Crippen LogP contribution < -0.4 is 0 Å². The molecule has 1 heterocycles. The van der Waals surface area contributed by atoms with Crippen LogP contribution in [0.25, 0.3) is 0 Å². The number of rotatable bonds is 4. The highest BCUT2D eigenvalue weighted by molar-refractivity contribution is 4.62. The lowest BCUT2D eigenvalue weighted by atomic mass is 9.94. The third kappa shape index (κ3) is 8.55. The molecule has 0 saturated carbocycles. The quantitative estimate of drug-likeness (QED) is 0.653. The van der Waals surface area contributed by atoms with Crippen molar-refractivity contribution in [3.05, 3.63) is 0 Å². The Labute approximate surface area is 90.2 Å². The maximum atomic E-state index is 5.28. The molecule has 0 spiro atoms. The van der Waals surface area contributed by atoms with Gasteiger partial charge in [-0.05, 0) is 18.8 Å². The van der Waals surface area contributed by atoms with Gasteiger partial charge in [-0.3, -0.25) is 0 Å². The molecule has 1 fully saturated rings. The van der Waals surface area contributed by atoms with E-state index in [9.17, 15) is 0 Å². The Morgan fingerprint density at radius 1 is 0.929 bits per heavy atom. The van der Waals surface area contributed by atoms with Crippen molar-refractivity contribution in [3.8, 4) is 0 Å². The molecule has 0 radical (unpaired) electrons. The minimum atomic E-state index is 0.980. The summed E-state index contributed by atoms with van der Waals surface area (Å²) in [5, 5.41) is 0. The highest BCUT2D eigenvalue weighted by Crippen LogP contribution is 2.20. The van der Waals surface area contributed by atoms with E-state index in [-0.39, 0.29) is 0 Å². The van der Waals surface area contributed by atoms with E-state index >= 15 is 0 Å². The smallest absolute Gasteiger partial charge is 0.0468 e. The zero-order valence-corrected chi connectivity index (χ0v) is 10.3. The van der Waals surface area contributed by atoms with Crippen molar-refractivity contribution < 1.29 is 4.74 Å². The molecule has 1 nitrogen and oxygen atoms in total. The monoisotopic (exact) mass is 200 g/mol. The minimum Gasteiger partial charge on any atom is -0.381 e. The molecule has 0 aromatic carbocycles. The van der Waals surface area contributed by atoms with Crippen LogP contribution in [0.2, 0.25) is 0 Å². The zero-order valence-electron chi connectivity index (χ0n) is 10.3. The summed E-state index contributed by atoms with van der Waals surface area (Å²) in [6.45, 7) is 8.64. The molecule has 0 N–H and O–H groups in total. The van der Waals surface area contributed by atoms with Gasteiger partial charge in [0.15, 0.2) is 0 Å². The molecule has 86 valence electrons. The zero-order chi connectivity index (χ0) is 10.6. The van der Waals surface area contributed by atoms with Gasteiger partial charge in [0.25, 0.3) is 0 Å². The molecule has 0 unspecified atom stereocenters. The summed E-state index contributed by atoms with van der Waals surface area (Å²) in [6, 6.07) is 0. The third-order valence-corrected chi connectivity index (χ3v) is 2.81. The number of hydrogen-bond acceptors (Lipinski definition) is 1. The number of ether oxygens (including phenoxy) is 1. The molecule has 1 heteroatoms. The molecule has 0 aromatic rings. The summed E-state index contributed by atoms with van der Waals surface area (Å²) >= 11 is 0. The van der Waals surface area contributed by atoms with Crippen LogP contribution in [0.5, 0.6) is 0 Å². The van der Waals surface area contributed by atoms with E-state index in [0.717, 1.165) is 19.1 Å². The minimum absolute atomic E-state index is 0.980. The van der Waals surface area contributed by atoms with Crippen molar-refractivity contribution in [2.24, 2.45) is 5.92 Å². The first-order valence-corrected chi connectivity index (χ1v) is 6.42. The summed E-state index contributed by atoms with van der Waals surface area (Å²) in [7, 11) is 0. The summed E-state index contributed by atoms with van der Waals surface area (Å²) in [4.78, 5) is 0. The number of unbranched alkanes of at least 4 members (excludes halogenated alkanes) is 2. The van der Waals surface area contributed by atoms with Gasteiger partial charge in [0, 0.05) is 13.2 Å². The highest BCUT2D eigenvalue weighted by Gasteiger charge is 2.11. The molecular weight excluding hydrogens is 172 g/mol. The predicted molar refractivity (Wildman–Crippen MR) is 63.7 cm³/mol. The highest BCUT2D eigenvalue weighted by atomic mass is 16.5. The van der Waals surface area contributed by atoms with E-state index in [1.807, 2.05) is 0 Å². The average molecular weight is 200 g/mol. The molecule has 1 aliphatic heterocycles. The van der Waals surface area contributed by atoms with Crippen molar-refractivity contribution in [2.45, 2.75) is 65.7 Å². The van der Waals surface area contributed by atoms with Crippen molar-refractivity contribution in [1.29, 1.82) is 0 Å². The van der Waals surface area contributed by atoms with E-state index in [1.165, 1.54) is 44.9 Å². The molecule has 1 aliphatic rings. The molecule has 1 rings (SSSR count). The fourth-order valence-electron chi connectivity index (χ4n) is 1.53. The van der Waals surface area contributed by atoms with E-state index in [0.29, 0.717) is 0 Å². The standard InChI is InChI=1S/C9H18O.C4H10/c1-2-3-4-9-5-7-10-8-6-9;1-3-4-2/h9H,2-8H2,1H3;3-4H2,1-2H3. The largest absolute Gasteiger partial charge is 0.381 e. The van der Waals surface area contributed by atoms with Gasteiger partial charge in [-0.2, -0.15) is 0 Å². The van der Waals surface area contributed by atoms with Crippen molar-refractivity contribution in [1.82, 2.24) is 0 Å². The third-order valence-electron chi connectivity index (χ3n) is 2.81. The lowest BCUT2D eigenvalue weighted by Crippen LogP contribution is -2.15. The summed E-state index contributed by atoms with van der Waals surface area (Å²) in [5.41, 5.74) is 0. The SMILES string of the molecule is CCCC.CCCCC1CCOCC1. The van der Waals surface area contributed by atoms with Crippen molar-refractivity contribution >= 4 is 0 Å². The normalized spacial score (nSPS) is 17.4. The van der Waals surface area contributed by atoms with Gasteiger partial charge >= 0.3 is 0 Å². The van der Waals surface area contributed by atoms with Crippen LogP contribution in [0.4, 0.5) is 0 Å². The summed E-state index contributed by atoms with van der Waals surface area (Å²) in [5.74, 6) is 0.980. The molecule has 0 aromatic heterocycles. The first-order chi connectivity index (χ1) is 6.85. The second-order valence-corrected chi connectivity index (χ2v) is 4.20. The van der Waals surface area contributed by atoms with E-state index in [1.54, 1.807) is 0 Å². The molecule has 0 bridgehead atoms. The molecule has 1 saturated heterocycles. The first kappa shape index (κ1) is 14.0. The Morgan fingerprint density at radius 2 is 1.50 bits per heavy atom. The van der Waals surface area contributed by atoms with E-state index < -0.39 is 0 Å². The second kappa shape index (κ2) is 11.0. The predicted octanol–water partition coefficient (Wildman–Crippen LogP) is 4.41. The average Bonchev–Trinajstić information content (AvgIpc) is 2.28. The number of hydrogen-bond donors (Lipinski definition) is 0. The second-order valence-electron chi connectivity index (χ2n) is 4.20. The Hall–Kier alpha value is -0.0400. The van der Waals surface area contributed by atoms with Crippen LogP contribution in [0.15, 0.2) is 0 Å². The van der Waals surface area contributed by atoms with Gasteiger partial charge in [-0.25, -0.2) is 0 Å². The van der Waals surface area contributed by atoms with E-state index in [4.69, 9.17) is 4.74 Å². The Morgan fingerprint density at radius 3 is 1.93 bits per heavy atom. The van der Waals surface area contributed by atoms with Crippen LogP contribution >= 0.6 is 0 Å². The van der Waals surface area contributed by atoms with Crippen LogP contribution in [-0.2, 0) is 4.74 Å². The Bertz CT molecular complexity index is 93.4. The van der Waals surface area contributed by atoms with Gasteiger partial charge in [-0.1, -0.05) is 52.9 Å². The fraction of sp³-hybridized carbons (Fsp3) is 1.00. The van der Waals surface area contributed by atoms with Crippen LogP contribution in [0.3, 0.4) is 0 Å². The van der Waals surface area contributed by atoms with Crippen molar-refractivity contribution in [3.63, 3.8) is 0 Å². The molecular formula is C13H28O. The summed E-state index contributed by atoms with van der Waals surface area (Å²) in [6.07, 6.45) is 9.43. The summed E-state index contributed by atoms with van der Waals surface area (Å²) < 4.78 is 5.28. The van der Waals surface area contributed by atoms with Crippen LogP contribution in [0.1, 0.15) is 65.7 Å². The van der Waals surface area contributed by atoms with Crippen LogP contribution in [0, 0.1) is 5.92 Å². The topological polar surface area (TPSA) is 9.23 Å². The fourth-order valence-corrected chi connectivity index (χ4v) is 1.53. The van der Waals surface area contributed by atoms with Gasteiger partial charge in [0.2, 0.25) is 0 Å².